The molecule has 0 aromatic heterocycles. The first-order valence-electron chi connectivity index (χ1n) is 11.0. The highest BCUT2D eigenvalue weighted by molar-refractivity contribution is 8.03. The van der Waals surface area contributed by atoms with Crippen molar-refractivity contribution in [2.75, 3.05) is 26.7 Å². The minimum atomic E-state index is -1.11. The Morgan fingerprint density at radius 2 is 1.90 bits per heavy atom. The lowest BCUT2D eigenvalue weighted by Gasteiger charge is -2.46. The second-order valence-corrected chi connectivity index (χ2v) is 10.7. The first kappa shape index (κ1) is 22.6. The van der Waals surface area contributed by atoms with Gasteiger partial charge in [0.05, 0.1) is 24.1 Å². The standard InChI is InChI=1S/C21H32N4O5S/c1-10-16-15(11(2)26)20(28)25(16)17(21(29)30)18(10)31-13-8-14(23(3)9-13)19(27)24-6-4-12(22)5-7-24/h10-16,26H,4-9,22H2,1-3H3,(H,29,30)/t10-,11-,13+,14+,15-,16-/m1/s1. The smallest absolute Gasteiger partial charge is 0.353 e. The maximum Gasteiger partial charge on any atom is 0.353 e. The monoisotopic (exact) mass is 452 g/mol. The molecule has 31 heavy (non-hydrogen) atoms. The van der Waals surface area contributed by atoms with Crippen molar-refractivity contribution in [1.29, 1.82) is 0 Å². The summed E-state index contributed by atoms with van der Waals surface area (Å²) in [4.78, 5) is 43.6. The summed E-state index contributed by atoms with van der Waals surface area (Å²) in [7, 11) is 1.93. The molecular weight excluding hydrogens is 420 g/mol. The topological polar surface area (TPSA) is 127 Å². The van der Waals surface area contributed by atoms with Gasteiger partial charge in [-0.05, 0) is 33.2 Å². The summed E-state index contributed by atoms with van der Waals surface area (Å²) < 4.78 is 0. The number of rotatable bonds is 5. The second-order valence-electron chi connectivity index (χ2n) is 9.37. The Balaban J connectivity index is 1.47. The van der Waals surface area contributed by atoms with E-state index >= 15 is 0 Å². The molecule has 3 fully saturated rings. The molecule has 4 N–H and O–H groups in total. The van der Waals surface area contributed by atoms with Crippen LogP contribution in [0.5, 0.6) is 0 Å². The molecule has 0 bridgehead atoms. The van der Waals surface area contributed by atoms with Gasteiger partial charge in [0.1, 0.15) is 5.70 Å². The highest BCUT2D eigenvalue weighted by Crippen LogP contribution is 2.52. The number of likely N-dealkylation sites (N-methyl/N-ethyl adjacent to an activating group) is 1. The maximum atomic E-state index is 13.1. The lowest BCUT2D eigenvalue weighted by Crippen LogP contribution is -2.63. The van der Waals surface area contributed by atoms with E-state index < -0.39 is 18.0 Å². The molecule has 4 aliphatic rings. The van der Waals surface area contributed by atoms with Gasteiger partial charge in [-0.15, -0.1) is 11.8 Å². The van der Waals surface area contributed by atoms with Crippen molar-refractivity contribution >= 4 is 29.5 Å². The number of carbonyl (C=O) groups excluding carboxylic acids is 2. The predicted molar refractivity (Wildman–Crippen MR) is 116 cm³/mol. The van der Waals surface area contributed by atoms with Crippen LogP contribution in [-0.2, 0) is 14.4 Å². The molecule has 0 saturated carbocycles. The second kappa shape index (κ2) is 8.38. The SMILES string of the molecule is C[C@@H](O)[C@H]1C(=O)N2C(C(=O)O)=C(S[C@H]3C[C@@H](C(=O)N4CCC(N)CC4)N(C)C3)[C@H](C)[C@H]12. The largest absolute Gasteiger partial charge is 0.477 e. The van der Waals surface area contributed by atoms with Crippen LogP contribution < -0.4 is 5.73 Å². The Hall–Kier alpha value is -1.62. The summed E-state index contributed by atoms with van der Waals surface area (Å²) in [6, 6.07) is -0.367. The third-order valence-corrected chi connectivity index (χ3v) is 8.74. The quantitative estimate of drug-likeness (QED) is 0.494. The predicted octanol–water partition coefficient (Wildman–Crippen LogP) is -0.104. The van der Waals surface area contributed by atoms with Crippen LogP contribution in [0.2, 0.25) is 0 Å². The molecule has 0 aliphatic carbocycles. The normalized spacial score (nSPS) is 35.4. The Labute approximate surface area is 186 Å². The number of β-lactam (4-membered cyclic amide) rings is 1. The number of likely N-dealkylation sites (tertiary alicyclic amines) is 2. The van der Waals surface area contributed by atoms with Crippen molar-refractivity contribution < 1.29 is 24.6 Å². The van der Waals surface area contributed by atoms with Crippen molar-refractivity contribution in [2.24, 2.45) is 17.6 Å². The van der Waals surface area contributed by atoms with Gasteiger partial charge in [0.25, 0.3) is 0 Å². The summed E-state index contributed by atoms with van der Waals surface area (Å²) in [6.45, 7) is 5.56. The van der Waals surface area contributed by atoms with Crippen molar-refractivity contribution in [3.8, 4) is 0 Å². The van der Waals surface area contributed by atoms with Crippen molar-refractivity contribution in [1.82, 2.24) is 14.7 Å². The summed E-state index contributed by atoms with van der Waals surface area (Å²) in [6.07, 6.45) is 1.47. The lowest BCUT2D eigenvalue weighted by molar-refractivity contribution is -0.163. The van der Waals surface area contributed by atoms with Crippen molar-refractivity contribution in [3.63, 3.8) is 0 Å². The van der Waals surface area contributed by atoms with Gasteiger partial charge in [-0.1, -0.05) is 6.92 Å². The van der Waals surface area contributed by atoms with Gasteiger partial charge in [-0.2, -0.15) is 0 Å². The molecule has 4 aliphatic heterocycles. The molecule has 6 atom stereocenters. The molecule has 0 aromatic carbocycles. The Morgan fingerprint density at radius 1 is 1.26 bits per heavy atom. The molecule has 9 nitrogen and oxygen atoms in total. The van der Waals surface area contributed by atoms with Crippen LogP contribution in [0.4, 0.5) is 0 Å². The van der Waals surface area contributed by atoms with Crippen LogP contribution in [0, 0.1) is 11.8 Å². The number of aliphatic hydroxyl groups is 1. The van der Waals surface area contributed by atoms with E-state index in [0.29, 0.717) is 31.0 Å². The Morgan fingerprint density at radius 3 is 2.48 bits per heavy atom. The summed E-state index contributed by atoms with van der Waals surface area (Å²) >= 11 is 1.49. The Bertz CT molecular complexity index is 810. The number of nitrogens with two attached hydrogens (primary N) is 1. The molecule has 0 spiro atoms. The van der Waals surface area contributed by atoms with Crippen LogP contribution in [0.25, 0.3) is 0 Å². The van der Waals surface area contributed by atoms with Crippen LogP contribution in [0.15, 0.2) is 10.6 Å². The van der Waals surface area contributed by atoms with E-state index in [0.717, 1.165) is 12.8 Å². The zero-order chi connectivity index (χ0) is 22.6. The van der Waals surface area contributed by atoms with Crippen LogP contribution in [0.1, 0.15) is 33.1 Å². The number of nitrogens with zero attached hydrogens (tertiary/aromatic N) is 3. The van der Waals surface area contributed by atoms with Gasteiger partial charge >= 0.3 is 5.97 Å². The Kier molecular flexibility index (Phi) is 6.10. The minimum absolute atomic E-state index is 0.0480. The number of carboxylic acid groups (broad SMARTS) is 1. The number of hydrogen-bond donors (Lipinski definition) is 3. The van der Waals surface area contributed by atoms with Crippen LogP contribution in [0.3, 0.4) is 0 Å². The fourth-order valence-electron chi connectivity index (χ4n) is 5.52. The average Bonchev–Trinajstić information content (AvgIpc) is 3.18. The highest BCUT2D eigenvalue weighted by atomic mass is 32.2. The fourth-order valence-corrected chi connectivity index (χ4v) is 7.11. The number of amides is 2. The fraction of sp³-hybridized carbons (Fsp3) is 0.762. The minimum Gasteiger partial charge on any atom is -0.477 e. The number of piperidine rings is 1. The van der Waals surface area contributed by atoms with Gasteiger partial charge in [0, 0.05) is 41.7 Å². The van der Waals surface area contributed by atoms with Crippen molar-refractivity contribution in [2.45, 2.75) is 62.6 Å². The number of carbonyl (C=O) groups is 3. The molecular formula is C21H32N4O5S. The molecule has 172 valence electrons. The van der Waals surface area contributed by atoms with Gasteiger partial charge in [-0.3, -0.25) is 14.5 Å². The number of hydrogen-bond acceptors (Lipinski definition) is 7. The highest BCUT2D eigenvalue weighted by Gasteiger charge is 2.60. The van der Waals surface area contributed by atoms with Gasteiger partial charge < -0.3 is 25.7 Å². The zero-order valence-electron chi connectivity index (χ0n) is 18.2. The molecule has 0 radical (unpaired) electrons. The third-order valence-electron chi connectivity index (χ3n) is 7.25. The molecule has 2 amide bonds. The molecule has 4 heterocycles. The maximum absolute atomic E-state index is 13.1. The average molecular weight is 453 g/mol. The van der Waals surface area contributed by atoms with Gasteiger partial charge in [-0.25, -0.2) is 4.79 Å². The number of fused-ring (bicyclic) bond motifs is 1. The van der Waals surface area contributed by atoms with Gasteiger partial charge in [0.2, 0.25) is 11.8 Å². The zero-order valence-corrected chi connectivity index (χ0v) is 19.0. The molecule has 10 heteroatoms. The van der Waals surface area contributed by atoms with E-state index in [-0.39, 0.29) is 46.8 Å². The van der Waals surface area contributed by atoms with E-state index in [1.807, 2.05) is 23.8 Å². The van der Waals surface area contributed by atoms with Crippen LogP contribution in [-0.4, -0.2) is 98.9 Å². The molecule has 0 aromatic rings. The van der Waals surface area contributed by atoms with Crippen LogP contribution >= 0.6 is 11.8 Å². The molecule has 4 rings (SSSR count). The first-order valence-corrected chi connectivity index (χ1v) is 11.9. The van der Waals surface area contributed by atoms with E-state index in [9.17, 15) is 24.6 Å². The number of aliphatic carboxylic acids is 1. The summed E-state index contributed by atoms with van der Waals surface area (Å²) in [5, 5.41) is 19.9. The first-order chi connectivity index (χ1) is 14.6. The van der Waals surface area contributed by atoms with E-state index in [1.54, 1.807) is 6.92 Å². The van der Waals surface area contributed by atoms with E-state index in [4.69, 9.17) is 5.73 Å². The van der Waals surface area contributed by atoms with Gasteiger partial charge in [0.15, 0.2) is 0 Å². The van der Waals surface area contributed by atoms with E-state index in [1.165, 1.54) is 16.7 Å². The summed E-state index contributed by atoms with van der Waals surface area (Å²) in [5.41, 5.74) is 6.01. The summed E-state index contributed by atoms with van der Waals surface area (Å²) in [5.74, 6) is -2.03. The lowest BCUT2D eigenvalue weighted by atomic mass is 9.79. The molecule has 3 saturated heterocycles. The van der Waals surface area contributed by atoms with E-state index in [2.05, 4.69) is 0 Å². The number of aliphatic hydroxyl groups excluding tert-OH is 1. The third kappa shape index (κ3) is 3.77. The van der Waals surface area contributed by atoms with Crippen molar-refractivity contribution in [3.05, 3.63) is 10.6 Å². The number of carboxylic acids is 1. The number of thioether (sulfide) groups is 1. The molecule has 0 unspecified atom stereocenters.